The van der Waals surface area contributed by atoms with Crippen LogP contribution in [0.1, 0.15) is 37.4 Å². The van der Waals surface area contributed by atoms with E-state index in [0.717, 1.165) is 17.1 Å². The van der Waals surface area contributed by atoms with Crippen molar-refractivity contribution in [1.82, 2.24) is 9.88 Å². The molecule has 1 aliphatic rings. The summed E-state index contributed by atoms with van der Waals surface area (Å²) in [5, 5.41) is 25.0. The Morgan fingerprint density at radius 3 is 2.58 bits per heavy atom. The van der Waals surface area contributed by atoms with Gasteiger partial charge in [0.1, 0.15) is 11.6 Å². The number of carbonyl (C=O) groups is 1. The molecule has 0 aliphatic carbocycles. The lowest BCUT2D eigenvalue weighted by atomic mass is 9.74. The van der Waals surface area contributed by atoms with Crippen LogP contribution in [0.15, 0.2) is 36.5 Å². The minimum absolute atomic E-state index is 0.241. The molecule has 3 N–H and O–H groups in total. The van der Waals surface area contributed by atoms with Crippen LogP contribution in [0.4, 0.5) is 24.5 Å². The monoisotopic (exact) mass is 560 g/mol. The van der Waals surface area contributed by atoms with Gasteiger partial charge < -0.3 is 30.1 Å². The highest BCUT2D eigenvalue weighted by Crippen LogP contribution is 2.41. The van der Waals surface area contributed by atoms with Gasteiger partial charge in [0, 0.05) is 50.3 Å². The Kier molecular flexibility index (Phi) is 9.05. The van der Waals surface area contributed by atoms with E-state index in [2.05, 4.69) is 10.3 Å². The third-order valence-electron chi connectivity index (χ3n) is 7.81. The number of benzene rings is 2. The Labute approximate surface area is 231 Å². The first kappa shape index (κ1) is 29.4. The highest BCUT2D eigenvalue weighted by molar-refractivity contribution is 5.88. The molecule has 11 heteroatoms. The van der Waals surface area contributed by atoms with E-state index < -0.39 is 34.9 Å². The lowest BCUT2D eigenvalue weighted by Gasteiger charge is -2.39. The van der Waals surface area contributed by atoms with Gasteiger partial charge in [0.05, 0.1) is 41.7 Å². The SMILES string of the molecule is COc1ccc2ncc(N(C)C)c([C@H](O)CCC3(C(=O)O)CCN(CCNc4cc(F)cc(F)c4F)CC3)c2c1. The molecule has 2 heterocycles. The number of aliphatic hydroxyl groups is 1. The number of fused-ring (bicyclic) bond motifs is 1. The number of halogens is 3. The maximum atomic E-state index is 13.9. The highest BCUT2D eigenvalue weighted by Gasteiger charge is 2.41. The molecular formula is C29H35F3N4O4. The van der Waals surface area contributed by atoms with Crippen LogP contribution >= 0.6 is 0 Å². The Balaban J connectivity index is 1.41. The van der Waals surface area contributed by atoms with Gasteiger partial charge >= 0.3 is 5.97 Å². The van der Waals surface area contributed by atoms with Gasteiger partial charge in [0.25, 0.3) is 0 Å². The zero-order valence-corrected chi connectivity index (χ0v) is 22.9. The summed E-state index contributed by atoms with van der Waals surface area (Å²) in [7, 11) is 5.29. The van der Waals surface area contributed by atoms with Gasteiger partial charge in [-0.05, 0) is 57.0 Å². The summed E-state index contributed by atoms with van der Waals surface area (Å²) in [6.07, 6.45) is 2.07. The topological polar surface area (TPSA) is 98.2 Å². The summed E-state index contributed by atoms with van der Waals surface area (Å²) < 4.78 is 46.1. The number of nitrogens with zero attached hydrogens (tertiary/aromatic N) is 3. The van der Waals surface area contributed by atoms with E-state index in [4.69, 9.17) is 4.74 Å². The Hall–Kier alpha value is -3.57. The molecule has 0 amide bonds. The number of aromatic nitrogens is 1. The zero-order valence-electron chi connectivity index (χ0n) is 22.9. The number of aliphatic carboxylic acids is 1. The van der Waals surface area contributed by atoms with Crippen molar-refractivity contribution in [1.29, 1.82) is 0 Å². The van der Waals surface area contributed by atoms with Crippen LogP contribution in [-0.2, 0) is 4.79 Å². The van der Waals surface area contributed by atoms with Crippen LogP contribution < -0.4 is 15.0 Å². The van der Waals surface area contributed by atoms with E-state index in [1.54, 1.807) is 19.4 Å². The summed E-state index contributed by atoms with van der Waals surface area (Å²) >= 11 is 0. The Morgan fingerprint density at radius 1 is 1.20 bits per heavy atom. The molecule has 1 fully saturated rings. The highest BCUT2D eigenvalue weighted by atomic mass is 19.2. The molecule has 216 valence electrons. The first-order valence-electron chi connectivity index (χ1n) is 13.2. The molecule has 1 atom stereocenters. The lowest BCUT2D eigenvalue weighted by molar-refractivity contribution is -0.153. The van der Waals surface area contributed by atoms with Crippen LogP contribution in [0.5, 0.6) is 5.75 Å². The van der Waals surface area contributed by atoms with Gasteiger partial charge in [-0.15, -0.1) is 0 Å². The standard InChI is InChI=1S/C29H35F3N4O4/c1-35(2)24-17-34-22-5-4-19(40-3)16-20(22)26(24)25(37)6-7-29(28(38)39)8-11-36(12-9-29)13-10-33-23-15-18(30)14-21(31)27(23)32/h4-5,14-17,25,33,37H,6-13H2,1-3H3,(H,38,39)/t25-/m1/s1. The average molecular weight is 561 g/mol. The number of hydrogen-bond donors (Lipinski definition) is 3. The molecule has 0 saturated carbocycles. The van der Waals surface area contributed by atoms with Gasteiger partial charge in [-0.1, -0.05) is 0 Å². The molecule has 1 aromatic heterocycles. The average Bonchev–Trinajstić information content (AvgIpc) is 2.93. The Bertz CT molecular complexity index is 1360. The van der Waals surface area contributed by atoms with Gasteiger partial charge in [-0.2, -0.15) is 0 Å². The minimum Gasteiger partial charge on any atom is -0.497 e. The molecule has 0 radical (unpaired) electrons. The van der Waals surface area contributed by atoms with E-state index >= 15 is 0 Å². The summed E-state index contributed by atoms with van der Waals surface area (Å²) in [6, 6.07) is 6.85. The predicted molar refractivity (Wildman–Crippen MR) is 147 cm³/mol. The predicted octanol–water partition coefficient (Wildman–Crippen LogP) is 4.82. The number of pyridine rings is 1. The number of hydrogen-bond acceptors (Lipinski definition) is 7. The second kappa shape index (κ2) is 12.3. The molecule has 4 rings (SSSR count). The third-order valence-corrected chi connectivity index (χ3v) is 7.81. The van der Waals surface area contributed by atoms with Crippen LogP contribution in [0.25, 0.3) is 10.9 Å². The number of likely N-dealkylation sites (tertiary alicyclic amines) is 1. The van der Waals surface area contributed by atoms with Crippen LogP contribution in [0, 0.1) is 22.9 Å². The molecule has 40 heavy (non-hydrogen) atoms. The maximum absolute atomic E-state index is 13.9. The van der Waals surface area contributed by atoms with Gasteiger partial charge in [-0.25, -0.2) is 13.2 Å². The number of nitrogens with one attached hydrogen (secondary N) is 1. The Morgan fingerprint density at radius 2 is 1.93 bits per heavy atom. The second-order valence-corrected chi connectivity index (χ2v) is 10.5. The van der Waals surface area contributed by atoms with E-state index in [0.29, 0.717) is 55.4 Å². The number of anilines is 2. The van der Waals surface area contributed by atoms with Crippen molar-refractivity contribution in [3.63, 3.8) is 0 Å². The van der Waals surface area contributed by atoms with Gasteiger partial charge in [0.15, 0.2) is 11.6 Å². The van der Waals surface area contributed by atoms with Crippen LogP contribution in [0.3, 0.4) is 0 Å². The molecule has 2 aromatic carbocycles. The number of methoxy groups -OCH3 is 1. The third kappa shape index (κ3) is 6.26. The molecule has 3 aromatic rings. The second-order valence-electron chi connectivity index (χ2n) is 10.5. The maximum Gasteiger partial charge on any atom is 0.309 e. The number of ether oxygens (including phenoxy) is 1. The van der Waals surface area contributed by atoms with Crippen molar-refractivity contribution in [2.24, 2.45) is 5.41 Å². The fraction of sp³-hybridized carbons (Fsp3) is 0.448. The summed E-state index contributed by atoms with van der Waals surface area (Å²) in [5.41, 5.74) is 0.882. The number of piperidine rings is 1. The van der Waals surface area contributed by atoms with Crippen LogP contribution in [-0.4, -0.2) is 73.5 Å². The van der Waals surface area contributed by atoms with E-state index in [-0.39, 0.29) is 25.1 Å². The van der Waals surface area contributed by atoms with Crippen molar-refractivity contribution in [2.45, 2.75) is 31.8 Å². The number of rotatable bonds is 11. The van der Waals surface area contributed by atoms with Crippen molar-refractivity contribution < 1.29 is 32.9 Å². The number of aliphatic hydroxyl groups excluding tert-OH is 1. The van der Waals surface area contributed by atoms with E-state index in [1.807, 2.05) is 36.0 Å². The van der Waals surface area contributed by atoms with Gasteiger partial charge in [-0.3, -0.25) is 9.78 Å². The molecule has 0 unspecified atom stereocenters. The minimum atomic E-state index is -1.26. The normalized spacial score (nSPS) is 16.1. The molecule has 0 bridgehead atoms. The summed E-state index contributed by atoms with van der Waals surface area (Å²) in [6.45, 7) is 1.67. The van der Waals surface area contributed by atoms with Crippen LogP contribution in [0.2, 0.25) is 0 Å². The summed E-state index contributed by atoms with van der Waals surface area (Å²) in [4.78, 5) is 20.9. The smallest absolute Gasteiger partial charge is 0.309 e. The molecule has 1 saturated heterocycles. The molecular weight excluding hydrogens is 525 g/mol. The molecule has 8 nitrogen and oxygen atoms in total. The van der Waals surface area contributed by atoms with Crippen molar-refractivity contribution in [2.75, 3.05) is 57.6 Å². The fourth-order valence-corrected chi connectivity index (χ4v) is 5.38. The number of carboxylic acid groups (broad SMARTS) is 1. The first-order chi connectivity index (χ1) is 19.0. The van der Waals surface area contributed by atoms with Crippen molar-refractivity contribution in [3.05, 3.63) is 59.5 Å². The van der Waals surface area contributed by atoms with Crippen molar-refractivity contribution in [3.8, 4) is 5.75 Å². The number of carboxylic acids is 1. The fourth-order valence-electron chi connectivity index (χ4n) is 5.38. The first-order valence-corrected chi connectivity index (χ1v) is 13.2. The quantitative estimate of drug-likeness (QED) is 0.287. The molecule has 0 spiro atoms. The lowest BCUT2D eigenvalue weighted by Crippen LogP contribution is -2.45. The van der Waals surface area contributed by atoms with Gasteiger partial charge in [0.2, 0.25) is 0 Å². The molecule has 1 aliphatic heterocycles. The zero-order chi connectivity index (χ0) is 29.0. The van der Waals surface area contributed by atoms with E-state index in [1.165, 1.54) is 0 Å². The van der Waals surface area contributed by atoms with E-state index in [9.17, 15) is 28.2 Å². The largest absolute Gasteiger partial charge is 0.497 e. The van der Waals surface area contributed by atoms with Crippen molar-refractivity contribution >= 4 is 28.2 Å². The summed E-state index contributed by atoms with van der Waals surface area (Å²) in [5.74, 6) is -3.53.